The number of aryl methyl sites for hydroxylation is 1. The molecule has 148 valence electrons. The third-order valence-electron chi connectivity index (χ3n) is 4.25. The number of benzene rings is 1. The molecule has 0 radical (unpaired) electrons. The van der Waals surface area contributed by atoms with Crippen LogP contribution in [-0.4, -0.2) is 46.9 Å². The van der Waals surface area contributed by atoms with E-state index >= 15 is 0 Å². The minimum absolute atomic E-state index is 0.148. The Morgan fingerprint density at radius 3 is 2.61 bits per heavy atom. The maximum Gasteiger partial charge on any atom is 0.310 e. The molecule has 10 nitrogen and oxygen atoms in total. The second-order valence-corrected chi connectivity index (χ2v) is 5.98. The van der Waals surface area contributed by atoms with Gasteiger partial charge in [0.25, 0.3) is 11.3 Å². The summed E-state index contributed by atoms with van der Waals surface area (Å²) < 4.78 is 16.3. The van der Waals surface area contributed by atoms with Crippen LogP contribution in [0, 0.1) is 6.92 Å². The largest absolute Gasteiger partial charge is 0.493 e. The van der Waals surface area contributed by atoms with Crippen LogP contribution in [0.15, 0.2) is 23.0 Å². The van der Waals surface area contributed by atoms with E-state index in [-0.39, 0.29) is 23.3 Å². The Hall–Kier alpha value is -3.56. The highest BCUT2D eigenvalue weighted by Gasteiger charge is 2.16. The van der Waals surface area contributed by atoms with E-state index in [9.17, 15) is 9.59 Å². The van der Waals surface area contributed by atoms with E-state index in [1.807, 2.05) is 18.2 Å². The number of aromatic amines is 1. The van der Waals surface area contributed by atoms with Crippen molar-refractivity contribution in [2.75, 3.05) is 26.6 Å². The monoisotopic (exact) mass is 387 g/mol. The van der Waals surface area contributed by atoms with Gasteiger partial charge in [0.15, 0.2) is 11.5 Å². The quantitative estimate of drug-likeness (QED) is 0.578. The van der Waals surface area contributed by atoms with E-state index in [0.717, 1.165) is 5.56 Å². The number of carbonyl (C=O) groups excluding carboxylic acids is 1. The normalized spacial score (nSPS) is 10.7. The van der Waals surface area contributed by atoms with Crippen LogP contribution in [-0.2, 0) is 22.5 Å². The molecule has 28 heavy (non-hydrogen) atoms. The number of hydrogen-bond acceptors (Lipinski definition) is 8. The molecule has 2 N–H and O–H groups in total. The summed E-state index contributed by atoms with van der Waals surface area (Å²) in [4.78, 5) is 32.7. The van der Waals surface area contributed by atoms with Gasteiger partial charge in [-0.15, -0.1) is 0 Å². The summed E-state index contributed by atoms with van der Waals surface area (Å²) in [7, 11) is 4.42. The van der Waals surface area contributed by atoms with E-state index < -0.39 is 5.97 Å². The predicted molar refractivity (Wildman–Crippen MR) is 101 cm³/mol. The number of carbonyl (C=O) groups is 1. The predicted octanol–water partition coefficient (Wildman–Crippen LogP) is 1.07. The van der Waals surface area contributed by atoms with Crippen molar-refractivity contribution in [2.24, 2.45) is 0 Å². The third kappa shape index (κ3) is 3.75. The second kappa shape index (κ2) is 7.99. The van der Waals surface area contributed by atoms with E-state index in [2.05, 4.69) is 25.1 Å². The van der Waals surface area contributed by atoms with E-state index in [1.54, 1.807) is 21.1 Å². The highest BCUT2D eigenvalue weighted by molar-refractivity contribution is 5.72. The first kappa shape index (κ1) is 19.2. The third-order valence-corrected chi connectivity index (χ3v) is 4.25. The first-order valence-corrected chi connectivity index (χ1v) is 8.46. The average Bonchev–Trinajstić information content (AvgIpc) is 3.11. The fourth-order valence-corrected chi connectivity index (χ4v) is 2.73. The number of anilines is 1. The summed E-state index contributed by atoms with van der Waals surface area (Å²) >= 11 is 0. The highest BCUT2D eigenvalue weighted by atomic mass is 16.5. The number of nitrogens with zero attached hydrogens (tertiary/aromatic N) is 3. The molecule has 1 aromatic carbocycles. The van der Waals surface area contributed by atoms with Crippen LogP contribution in [0.25, 0.3) is 5.78 Å². The Morgan fingerprint density at radius 1 is 1.18 bits per heavy atom. The van der Waals surface area contributed by atoms with Gasteiger partial charge in [-0.3, -0.25) is 14.7 Å². The van der Waals surface area contributed by atoms with Gasteiger partial charge in [-0.25, -0.2) is 4.98 Å². The number of aromatic nitrogens is 4. The lowest BCUT2D eigenvalue weighted by Gasteiger charge is -2.09. The van der Waals surface area contributed by atoms with E-state index in [4.69, 9.17) is 9.47 Å². The van der Waals surface area contributed by atoms with Gasteiger partial charge >= 0.3 is 5.97 Å². The molecule has 3 aromatic rings. The topological polar surface area (TPSA) is 120 Å². The number of fused-ring (bicyclic) bond motifs is 1. The lowest BCUT2D eigenvalue weighted by atomic mass is 10.2. The molecule has 0 bridgehead atoms. The van der Waals surface area contributed by atoms with Gasteiger partial charge in [-0.1, -0.05) is 6.07 Å². The summed E-state index contributed by atoms with van der Waals surface area (Å²) in [6.07, 6.45) is -0.148. The van der Waals surface area contributed by atoms with Crippen LogP contribution in [0.3, 0.4) is 0 Å². The van der Waals surface area contributed by atoms with Crippen LogP contribution >= 0.6 is 0 Å². The minimum atomic E-state index is -0.506. The first-order valence-electron chi connectivity index (χ1n) is 8.46. The van der Waals surface area contributed by atoms with Crippen molar-refractivity contribution < 1.29 is 19.0 Å². The molecule has 3 rings (SSSR count). The maximum absolute atomic E-state index is 12.6. The van der Waals surface area contributed by atoms with Gasteiger partial charge in [0, 0.05) is 6.54 Å². The minimum Gasteiger partial charge on any atom is -0.493 e. The Kier molecular flexibility index (Phi) is 5.48. The molecule has 0 unspecified atom stereocenters. The van der Waals surface area contributed by atoms with Crippen molar-refractivity contribution in [2.45, 2.75) is 19.9 Å². The Bertz CT molecular complexity index is 1070. The average molecular weight is 387 g/mol. The van der Waals surface area contributed by atoms with Crippen molar-refractivity contribution in [3.8, 4) is 11.5 Å². The number of hydrogen-bond donors (Lipinski definition) is 2. The molecule has 0 saturated heterocycles. The van der Waals surface area contributed by atoms with E-state index in [0.29, 0.717) is 29.7 Å². The first-order chi connectivity index (χ1) is 13.5. The Balaban J connectivity index is 1.84. The number of methoxy groups -OCH3 is 3. The van der Waals surface area contributed by atoms with E-state index in [1.165, 1.54) is 11.6 Å². The molecule has 2 aromatic heterocycles. The molecular weight excluding hydrogens is 366 g/mol. The summed E-state index contributed by atoms with van der Waals surface area (Å²) in [5.41, 5.74) is 1.24. The maximum atomic E-state index is 12.6. The van der Waals surface area contributed by atoms with Gasteiger partial charge in [0.1, 0.15) is 0 Å². The molecule has 0 atom stereocenters. The highest BCUT2D eigenvalue weighted by Crippen LogP contribution is 2.27. The zero-order valence-corrected chi connectivity index (χ0v) is 16.0. The van der Waals surface area contributed by atoms with Gasteiger partial charge < -0.3 is 19.5 Å². The summed E-state index contributed by atoms with van der Waals surface area (Å²) in [6, 6.07) is 5.54. The van der Waals surface area contributed by atoms with Gasteiger partial charge in [0.2, 0.25) is 5.95 Å². The Morgan fingerprint density at radius 2 is 1.93 bits per heavy atom. The van der Waals surface area contributed by atoms with Crippen molar-refractivity contribution >= 4 is 17.7 Å². The van der Waals surface area contributed by atoms with Crippen molar-refractivity contribution in [3.05, 3.63) is 45.4 Å². The zero-order valence-electron chi connectivity index (χ0n) is 16.0. The lowest BCUT2D eigenvalue weighted by Crippen LogP contribution is -2.24. The summed E-state index contributed by atoms with van der Waals surface area (Å²) in [5.74, 6) is 1.33. The number of rotatable bonds is 7. The molecule has 0 aliphatic carbocycles. The molecule has 2 heterocycles. The SMILES string of the molecule is COC(=O)Cc1c(C)nc2nc(NCc3ccc(OC)c(OC)c3)[nH]n2c1=O. The molecule has 0 saturated carbocycles. The summed E-state index contributed by atoms with van der Waals surface area (Å²) in [6.45, 7) is 2.09. The standard InChI is InChI=1S/C18H21N5O5/c1-10-12(8-15(24)28-4)16(25)23-18(20-10)21-17(22-23)19-9-11-5-6-13(26-2)14(7-11)27-3/h5-7H,8-9H2,1-4H3,(H2,19,20,21,22). The molecule has 0 aliphatic rings. The number of ether oxygens (including phenoxy) is 3. The zero-order chi connectivity index (χ0) is 20.3. The smallest absolute Gasteiger partial charge is 0.310 e. The van der Waals surface area contributed by atoms with Gasteiger partial charge in [-0.2, -0.15) is 9.50 Å². The second-order valence-electron chi connectivity index (χ2n) is 5.98. The molecule has 10 heteroatoms. The molecule has 0 fully saturated rings. The Labute approximate surface area is 160 Å². The van der Waals surface area contributed by atoms with Crippen molar-refractivity contribution in [3.63, 3.8) is 0 Å². The molecule has 0 aliphatic heterocycles. The molecule has 0 spiro atoms. The number of nitrogens with one attached hydrogen (secondary N) is 2. The molecular formula is C18H21N5O5. The van der Waals surface area contributed by atoms with Crippen molar-refractivity contribution in [1.29, 1.82) is 0 Å². The number of esters is 1. The molecule has 0 amide bonds. The summed E-state index contributed by atoms with van der Waals surface area (Å²) in [5, 5.41) is 5.96. The van der Waals surface area contributed by atoms with Crippen LogP contribution in [0.1, 0.15) is 16.8 Å². The fourth-order valence-electron chi connectivity index (χ4n) is 2.73. The fraction of sp³-hybridized carbons (Fsp3) is 0.333. The van der Waals surface area contributed by atoms with Crippen LogP contribution in [0.5, 0.6) is 11.5 Å². The number of H-pyrrole nitrogens is 1. The van der Waals surface area contributed by atoms with Gasteiger partial charge in [-0.05, 0) is 24.6 Å². The van der Waals surface area contributed by atoms with Gasteiger partial charge in [0.05, 0.1) is 39.0 Å². The van der Waals surface area contributed by atoms with Crippen LogP contribution in [0.2, 0.25) is 0 Å². The van der Waals surface area contributed by atoms with Crippen LogP contribution in [0.4, 0.5) is 5.95 Å². The lowest BCUT2D eigenvalue weighted by molar-refractivity contribution is -0.139. The van der Waals surface area contributed by atoms with Crippen molar-refractivity contribution in [1.82, 2.24) is 19.6 Å². The van der Waals surface area contributed by atoms with Crippen LogP contribution < -0.4 is 20.3 Å².